The van der Waals surface area contributed by atoms with Gasteiger partial charge in [-0.05, 0) is 24.3 Å². The highest BCUT2D eigenvalue weighted by molar-refractivity contribution is 5.99. The minimum atomic E-state index is -0.261. The molecule has 0 fully saturated rings. The number of nitrogens with zero attached hydrogens (tertiary/aromatic N) is 4. The van der Waals surface area contributed by atoms with E-state index in [0.29, 0.717) is 24.8 Å². The Balaban J connectivity index is 1.75. The molecule has 0 atom stereocenters. The molecule has 2 aromatic heterocycles. The molecule has 3 rings (SSSR count). The maximum atomic E-state index is 11.5. The Bertz CT molecular complexity index is 937. The Morgan fingerprint density at radius 1 is 1.33 bits per heavy atom. The van der Waals surface area contributed by atoms with Gasteiger partial charge >= 0.3 is 0 Å². The van der Waals surface area contributed by atoms with Crippen molar-refractivity contribution in [2.75, 3.05) is 24.4 Å². The van der Waals surface area contributed by atoms with Crippen molar-refractivity contribution in [3.63, 3.8) is 0 Å². The predicted octanol–water partition coefficient (Wildman–Crippen LogP) is 2.85. The molecule has 1 aromatic carbocycles. The Morgan fingerprint density at radius 2 is 2.22 bits per heavy atom. The van der Waals surface area contributed by atoms with Crippen molar-refractivity contribution in [3.8, 4) is 11.3 Å². The molecular weight excluding hydrogens is 344 g/mol. The third kappa shape index (κ3) is 4.99. The van der Waals surface area contributed by atoms with E-state index in [4.69, 9.17) is 4.74 Å². The van der Waals surface area contributed by atoms with Crippen molar-refractivity contribution in [1.29, 1.82) is 0 Å². The quantitative estimate of drug-likeness (QED) is 0.597. The Labute approximate surface area is 156 Å². The number of nitrogens with one attached hydrogen (secondary N) is 2. The van der Waals surface area contributed by atoms with Gasteiger partial charge in [0, 0.05) is 30.8 Å². The number of amides is 1. The number of methoxy groups -OCH3 is 1. The normalized spacial score (nSPS) is 10.4. The molecule has 0 radical (unpaired) electrons. The van der Waals surface area contributed by atoms with Crippen molar-refractivity contribution in [2.45, 2.75) is 6.54 Å². The Hall–Kier alpha value is -3.52. The monoisotopic (exact) mass is 364 g/mol. The van der Waals surface area contributed by atoms with Crippen molar-refractivity contribution in [1.82, 2.24) is 19.7 Å². The molecule has 138 valence electrons. The first kappa shape index (κ1) is 18.3. The standard InChI is InChI=1S/C19H20N6O2/c1-3-18(26)22-15-6-4-5-14(11-15)17-7-8-20-19(24-17)23-16-12-21-25(13-16)9-10-27-2/h3-8,11-13H,1,9-10H2,2H3,(H,22,26)(H,20,23,24). The first-order valence-electron chi connectivity index (χ1n) is 8.33. The van der Waals surface area contributed by atoms with E-state index < -0.39 is 0 Å². The average Bonchev–Trinajstić information content (AvgIpc) is 3.14. The second-order valence-corrected chi connectivity index (χ2v) is 5.65. The summed E-state index contributed by atoms with van der Waals surface area (Å²) < 4.78 is 6.82. The summed E-state index contributed by atoms with van der Waals surface area (Å²) in [5.41, 5.74) is 3.05. The van der Waals surface area contributed by atoms with Gasteiger partial charge in [-0.3, -0.25) is 9.48 Å². The van der Waals surface area contributed by atoms with Crippen LogP contribution in [0.15, 0.2) is 61.6 Å². The van der Waals surface area contributed by atoms with Crippen LogP contribution in [0.1, 0.15) is 0 Å². The van der Waals surface area contributed by atoms with E-state index in [9.17, 15) is 4.79 Å². The van der Waals surface area contributed by atoms with Crippen molar-refractivity contribution in [2.24, 2.45) is 0 Å². The number of carbonyl (C=O) groups excluding carboxylic acids is 1. The maximum Gasteiger partial charge on any atom is 0.247 e. The molecule has 0 saturated heterocycles. The van der Waals surface area contributed by atoms with Gasteiger partial charge < -0.3 is 15.4 Å². The van der Waals surface area contributed by atoms with Crippen LogP contribution in [-0.2, 0) is 16.1 Å². The number of carbonyl (C=O) groups is 1. The zero-order valence-corrected chi connectivity index (χ0v) is 14.9. The molecule has 0 aliphatic carbocycles. The van der Waals surface area contributed by atoms with Gasteiger partial charge in [0.05, 0.1) is 30.7 Å². The lowest BCUT2D eigenvalue weighted by atomic mass is 10.1. The second-order valence-electron chi connectivity index (χ2n) is 5.65. The summed E-state index contributed by atoms with van der Waals surface area (Å²) in [5.74, 6) is 0.196. The first-order valence-corrected chi connectivity index (χ1v) is 8.33. The van der Waals surface area contributed by atoms with Crippen LogP contribution in [0.4, 0.5) is 17.3 Å². The molecule has 0 spiro atoms. The lowest BCUT2D eigenvalue weighted by Crippen LogP contribution is -2.07. The van der Waals surface area contributed by atoms with Crippen molar-refractivity contribution in [3.05, 3.63) is 61.6 Å². The molecule has 8 heteroatoms. The van der Waals surface area contributed by atoms with Crippen LogP contribution in [0.5, 0.6) is 0 Å². The van der Waals surface area contributed by atoms with E-state index in [1.807, 2.05) is 30.5 Å². The summed E-state index contributed by atoms with van der Waals surface area (Å²) in [6.07, 6.45) is 6.47. The van der Waals surface area contributed by atoms with Crippen LogP contribution in [0.2, 0.25) is 0 Å². The zero-order chi connectivity index (χ0) is 19.1. The SMILES string of the molecule is C=CC(=O)Nc1cccc(-c2ccnc(Nc3cnn(CCOC)c3)n2)c1. The minimum absolute atomic E-state index is 0.261. The fraction of sp³-hybridized carbons (Fsp3) is 0.158. The molecule has 3 aromatic rings. The van der Waals surface area contributed by atoms with Gasteiger partial charge in [-0.2, -0.15) is 5.10 Å². The van der Waals surface area contributed by atoms with E-state index >= 15 is 0 Å². The smallest absolute Gasteiger partial charge is 0.247 e. The molecule has 0 aliphatic rings. The maximum absolute atomic E-state index is 11.5. The third-order valence-electron chi connectivity index (χ3n) is 3.68. The van der Waals surface area contributed by atoms with Crippen LogP contribution in [0, 0.1) is 0 Å². The van der Waals surface area contributed by atoms with Crippen LogP contribution in [0.25, 0.3) is 11.3 Å². The molecule has 27 heavy (non-hydrogen) atoms. The van der Waals surface area contributed by atoms with E-state index in [1.165, 1.54) is 6.08 Å². The van der Waals surface area contributed by atoms with Crippen LogP contribution >= 0.6 is 0 Å². The van der Waals surface area contributed by atoms with Gasteiger partial charge in [-0.1, -0.05) is 18.7 Å². The van der Waals surface area contributed by atoms with Crippen LogP contribution in [-0.4, -0.2) is 39.4 Å². The number of anilines is 3. The van der Waals surface area contributed by atoms with E-state index in [-0.39, 0.29) is 5.91 Å². The highest BCUT2D eigenvalue weighted by atomic mass is 16.5. The summed E-state index contributed by atoms with van der Waals surface area (Å²) in [6.45, 7) is 4.71. The summed E-state index contributed by atoms with van der Waals surface area (Å²) >= 11 is 0. The lowest BCUT2D eigenvalue weighted by molar-refractivity contribution is -0.111. The van der Waals surface area contributed by atoms with E-state index in [1.54, 1.807) is 30.3 Å². The van der Waals surface area contributed by atoms with Gasteiger partial charge in [0.1, 0.15) is 0 Å². The van der Waals surface area contributed by atoms with E-state index in [0.717, 1.165) is 16.9 Å². The Morgan fingerprint density at radius 3 is 3.04 bits per heavy atom. The molecule has 0 bridgehead atoms. The molecule has 8 nitrogen and oxygen atoms in total. The lowest BCUT2D eigenvalue weighted by Gasteiger charge is -2.07. The predicted molar refractivity (Wildman–Crippen MR) is 104 cm³/mol. The van der Waals surface area contributed by atoms with Gasteiger partial charge in [0.2, 0.25) is 11.9 Å². The number of hydrogen-bond acceptors (Lipinski definition) is 6. The van der Waals surface area contributed by atoms with E-state index in [2.05, 4.69) is 32.3 Å². The summed E-state index contributed by atoms with van der Waals surface area (Å²) in [6, 6.07) is 9.22. The molecule has 0 unspecified atom stereocenters. The fourth-order valence-corrected chi connectivity index (χ4v) is 2.39. The van der Waals surface area contributed by atoms with Gasteiger partial charge in [-0.15, -0.1) is 0 Å². The van der Waals surface area contributed by atoms with Crippen molar-refractivity contribution < 1.29 is 9.53 Å². The molecular formula is C19H20N6O2. The molecule has 0 saturated carbocycles. The van der Waals surface area contributed by atoms with Crippen LogP contribution < -0.4 is 10.6 Å². The number of ether oxygens (including phenoxy) is 1. The summed E-state index contributed by atoms with van der Waals surface area (Å²) in [5, 5.41) is 10.1. The number of hydrogen-bond donors (Lipinski definition) is 2. The number of benzene rings is 1. The van der Waals surface area contributed by atoms with Gasteiger partial charge in [-0.25, -0.2) is 9.97 Å². The topological polar surface area (TPSA) is 94.0 Å². The second kappa shape index (κ2) is 8.72. The zero-order valence-electron chi connectivity index (χ0n) is 14.9. The average molecular weight is 364 g/mol. The highest BCUT2D eigenvalue weighted by Gasteiger charge is 2.06. The number of aromatic nitrogens is 4. The molecule has 2 N–H and O–H groups in total. The van der Waals surface area contributed by atoms with Crippen LogP contribution in [0.3, 0.4) is 0 Å². The first-order chi connectivity index (χ1) is 13.2. The summed E-state index contributed by atoms with van der Waals surface area (Å²) in [4.78, 5) is 20.3. The molecule has 2 heterocycles. The highest BCUT2D eigenvalue weighted by Crippen LogP contribution is 2.22. The van der Waals surface area contributed by atoms with Crippen molar-refractivity contribution >= 4 is 23.2 Å². The number of rotatable bonds is 8. The molecule has 0 aliphatic heterocycles. The Kier molecular flexibility index (Phi) is 5.91. The van der Waals surface area contributed by atoms with Gasteiger partial charge in [0.15, 0.2) is 0 Å². The van der Waals surface area contributed by atoms with Gasteiger partial charge in [0.25, 0.3) is 0 Å². The third-order valence-corrected chi connectivity index (χ3v) is 3.68. The largest absolute Gasteiger partial charge is 0.383 e. The minimum Gasteiger partial charge on any atom is -0.383 e. The molecule has 1 amide bonds. The summed E-state index contributed by atoms with van der Waals surface area (Å²) in [7, 11) is 1.65. The fourth-order valence-electron chi connectivity index (χ4n) is 2.39.